The zero-order chi connectivity index (χ0) is 22.0. The highest BCUT2D eigenvalue weighted by Crippen LogP contribution is 2.52. The van der Waals surface area contributed by atoms with Crippen molar-refractivity contribution in [3.05, 3.63) is 71.8 Å². The first-order valence-electron chi connectivity index (χ1n) is 10.1. The number of nitrogens with one attached hydrogen (secondary N) is 1. The van der Waals surface area contributed by atoms with Gasteiger partial charge in [-0.15, -0.1) is 0 Å². The van der Waals surface area contributed by atoms with E-state index in [1.165, 1.54) is 12.1 Å². The number of allylic oxidation sites excluding steroid dienone is 1. The largest absolute Gasteiger partial charge is 0.465 e. The lowest BCUT2D eigenvalue weighted by atomic mass is 9.75. The highest BCUT2D eigenvalue weighted by Gasteiger charge is 2.55. The number of benzene rings is 2. The van der Waals surface area contributed by atoms with Gasteiger partial charge in [0.15, 0.2) is 0 Å². The molecule has 0 spiro atoms. The summed E-state index contributed by atoms with van der Waals surface area (Å²) >= 11 is 0. The molecule has 1 aliphatic heterocycles. The quantitative estimate of drug-likeness (QED) is 0.521. The van der Waals surface area contributed by atoms with E-state index in [1.807, 2.05) is 12.1 Å². The number of hydrogen-bond acceptors (Lipinski definition) is 4. The lowest BCUT2D eigenvalue weighted by Crippen LogP contribution is -2.31. The summed E-state index contributed by atoms with van der Waals surface area (Å²) in [6.07, 6.45) is 2.09. The van der Waals surface area contributed by atoms with E-state index in [0.717, 1.165) is 17.6 Å². The molecule has 2 aromatic rings. The zero-order valence-electron chi connectivity index (χ0n) is 16.9. The van der Waals surface area contributed by atoms with Crippen molar-refractivity contribution in [2.75, 3.05) is 11.9 Å². The molecule has 2 aliphatic rings. The molecule has 4 rings (SSSR count). The first-order valence-corrected chi connectivity index (χ1v) is 10.1. The van der Waals surface area contributed by atoms with Gasteiger partial charge in [-0.2, -0.15) is 8.78 Å². The number of fused-ring (bicyclic) bond motifs is 1. The molecule has 0 aromatic heterocycles. The number of halogens is 2. The van der Waals surface area contributed by atoms with Gasteiger partial charge in [0.1, 0.15) is 5.75 Å². The van der Waals surface area contributed by atoms with E-state index in [-0.39, 0.29) is 30.0 Å². The molecular formula is C24H23F2NO4. The minimum absolute atomic E-state index is 0.0161. The summed E-state index contributed by atoms with van der Waals surface area (Å²) < 4.78 is 34.4. The molecule has 1 amide bonds. The van der Waals surface area contributed by atoms with Gasteiger partial charge in [0.25, 0.3) is 0 Å². The van der Waals surface area contributed by atoms with E-state index < -0.39 is 12.0 Å². The SMILES string of the molecule is C=C1CC2COC(=O)C2(Cc2ccc(NC(=O)Cc3cccc(OC(F)F)c3)cc2)C1. The van der Waals surface area contributed by atoms with Crippen LogP contribution in [0.3, 0.4) is 0 Å². The Morgan fingerprint density at radius 3 is 2.74 bits per heavy atom. The van der Waals surface area contributed by atoms with Gasteiger partial charge in [-0.1, -0.05) is 36.4 Å². The first-order chi connectivity index (χ1) is 14.8. The summed E-state index contributed by atoms with van der Waals surface area (Å²) in [6, 6.07) is 13.4. The Kier molecular flexibility index (Phi) is 5.76. The second kappa shape index (κ2) is 8.49. The van der Waals surface area contributed by atoms with E-state index in [9.17, 15) is 18.4 Å². The van der Waals surface area contributed by atoms with Crippen molar-refractivity contribution in [1.29, 1.82) is 0 Å². The second-order valence-corrected chi connectivity index (χ2v) is 8.21. The molecule has 1 N–H and O–H groups in total. The Morgan fingerprint density at radius 1 is 1.23 bits per heavy atom. The number of alkyl halides is 2. The predicted molar refractivity (Wildman–Crippen MR) is 111 cm³/mol. The van der Waals surface area contributed by atoms with Crippen LogP contribution in [0.5, 0.6) is 5.75 Å². The molecule has 1 saturated heterocycles. The van der Waals surface area contributed by atoms with Crippen molar-refractivity contribution >= 4 is 17.6 Å². The molecule has 1 aliphatic carbocycles. The van der Waals surface area contributed by atoms with Crippen molar-refractivity contribution in [3.63, 3.8) is 0 Å². The van der Waals surface area contributed by atoms with Crippen molar-refractivity contribution in [1.82, 2.24) is 0 Å². The minimum atomic E-state index is -2.91. The van der Waals surface area contributed by atoms with Crippen LogP contribution in [0, 0.1) is 11.3 Å². The number of carbonyl (C=O) groups is 2. The molecule has 2 atom stereocenters. The van der Waals surface area contributed by atoms with Gasteiger partial charge in [0.2, 0.25) is 5.91 Å². The topological polar surface area (TPSA) is 64.6 Å². The van der Waals surface area contributed by atoms with Crippen LogP contribution in [0.25, 0.3) is 0 Å². The maximum atomic E-state index is 12.4. The fourth-order valence-corrected chi connectivity index (χ4v) is 4.56. The van der Waals surface area contributed by atoms with Gasteiger partial charge in [-0.05, 0) is 54.7 Å². The van der Waals surface area contributed by atoms with E-state index >= 15 is 0 Å². The molecule has 1 heterocycles. The summed E-state index contributed by atoms with van der Waals surface area (Å²) in [7, 11) is 0. The molecule has 0 radical (unpaired) electrons. The van der Waals surface area contributed by atoms with Gasteiger partial charge in [-0.3, -0.25) is 9.59 Å². The lowest BCUT2D eigenvalue weighted by molar-refractivity contribution is -0.146. The number of esters is 1. The zero-order valence-corrected chi connectivity index (χ0v) is 16.9. The van der Waals surface area contributed by atoms with Crippen LogP contribution in [-0.4, -0.2) is 25.1 Å². The monoisotopic (exact) mass is 427 g/mol. The average molecular weight is 427 g/mol. The Morgan fingerprint density at radius 2 is 2.00 bits per heavy atom. The predicted octanol–water partition coefficient (Wildman–Crippen LogP) is 4.52. The number of hydrogen-bond donors (Lipinski definition) is 1. The summed E-state index contributed by atoms with van der Waals surface area (Å²) in [5.74, 6) is -0.224. The third-order valence-corrected chi connectivity index (χ3v) is 5.95. The summed E-state index contributed by atoms with van der Waals surface area (Å²) in [5.41, 5.74) is 2.75. The summed E-state index contributed by atoms with van der Waals surface area (Å²) in [6.45, 7) is 1.60. The Balaban J connectivity index is 1.37. The van der Waals surface area contributed by atoms with E-state index in [4.69, 9.17) is 4.74 Å². The molecule has 2 unspecified atom stereocenters. The van der Waals surface area contributed by atoms with Crippen LogP contribution in [-0.2, 0) is 27.2 Å². The van der Waals surface area contributed by atoms with Gasteiger partial charge in [0, 0.05) is 11.6 Å². The fourth-order valence-electron chi connectivity index (χ4n) is 4.56. The highest BCUT2D eigenvalue weighted by molar-refractivity contribution is 5.92. The summed E-state index contributed by atoms with van der Waals surface area (Å²) in [5, 5.41) is 2.80. The summed E-state index contributed by atoms with van der Waals surface area (Å²) in [4.78, 5) is 24.8. The first kappa shape index (κ1) is 21.0. The number of rotatable bonds is 7. The fraction of sp³-hybridized carbons (Fsp3) is 0.333. The molecule has 5 nitrogen and oxygen atoms in total. The third-order valence-electron chi connectivity index (χ3n) is 5.95. The van der Waals surface area contributed by atoms with Crippen LogP contribution in [0.15, 0.2) is 60.7 Å². The smallest absolute Gasteiger partial charge is 0.387 e. The van der Waals surface area contributed by atoms with Crippen molar-refractivity contribution in [2.24, 2.45) is 11.3 Å². The normalized spacial score (nSPS) is 22.4. The number of ether oxygens (including phenoxy) is 2. The third kappa shape index (κ3) is 4.60. The number of amides is 1. The van der Waals surface area contributed by atoms with Crippen LogP contribution in [0.1, 0.15) is 24.0 Å². The maximum absolute atomic E-state index is 12.4. The van der Waals surface area contributed by atoms with Gasteiger partial charge in [0.05, 0.1) is 18.4 Å². The van der Waals surface area contributed by atoms with Crippen molar-refractivity contribution in [2.45, 2.75) is 32.3 Å². The van der Waals surface area contributed by atoms with Crippen LogP contribution < -0.4 is 10.1 Å². The van der Waals surface area contributed by atoms with E-state index in [0.29, 0.717) is 30.7 Å². The number of anilines is 1. The average Bonchev–Trinajstić information content (AvgIpc) is 3.17. The molecule has 2 aromatic carbocycles. The molecule has 31 heavy (non-hydrogen) atoms. The lowest BCUT2D eigenvalue weighted by Gasteiger charge is -2.24. The van der Waals surface area contributed by atoms with Crippen molar-refractivity contribution in [3.8, 4) is 5.75 Å². The van der Waals surface area contributed by atoms with Gasteiger partial charge >= 0.3 is 12.6 Å². The highest BCUT2D eigenvalue weighted by atomic mass is 19.3. The second-order valence-electron chi connectivity index (χ2n) is 8.21. The van der Waals surface area contributed by atoms with E-state index in [1.54, 1.807) is 24.3 Å². The molecule has 0 bridgehead atoms. The van der Waals surface area contributed by atoms with Crippen LogP contribution in [0.4, 0.5) is 14.5 Å². The van der Waals surface area contributed by atoms with Crippen molar-refractivity contribution < 1.29 is 27.8 Å². The molecule has 7 heteroatoms. The van der Waals surface area contributed by atoms with Crippen LogP contribution >= 0.6 is 0 Å². The minimum Gasteiger partial charge on any atom is -0.465 e. The van der Waals surface area contributed by atoms with E-state index in [2.05, 4.69) is 16.6 Å². The Labute approximate surface area is 179 Å². The Hall–Kier alpha value is -3.22. The van der Waals surface area contributed by atoms with Gasteiger partial charge < -0.3 is 14.8 Å². The molecule has 1 saturated carbocycles. The number of cyclic esters (lactones) is 1. The Bertz CT molecular complexity index is 1000. The molecule has 2 fully saturated rings. The number of carbonyl (C=O) groups excluding carboxylic acids is 2. The molecular weight excluding hydrogens is 404 g/mol. The van der Waals surface area contributed by atoms with Gasteiger partial charge in [-0.25, -0.2) is 0 Å². The molecule has 162 valence electrons. The maximum Gasteiger partial charge on any atom is 0.387 e. The standard InChI is InChI=1S/C24H23F2NO4/c1-15-9-18-14-30-22(29)24(18,12-15)13-16-5-7-19(8-6-16)27-21(28)11-17-3-2-4-20(10-17)31-23(25)26/h2-8,10,18,23H,1,9,11-14H2,(H,27,28). The van der Waals surface area contributed by atoms with Crippen LogP contribution in [0.2, 0.25) is 0 Å².